The van der Waals surface area contributed by atoms with Crippen LogP contribution in [0.3, 0.4) is 0 Å². The third-order valence-corrected chi connectivity index (χ3v) is 9.86. The van der Waals surface area contributed by atoms with Gasteiger partial charge in [0.25, 0.3) is 10.0 Å². The van der Waals surface area contributed by atoms with Crippen molar-refractivity contribution in [2.45, 2.75) is 62.6 Å². The summed E-state index contributed by atoms with van der Waals surface area (Å²) in [6.07, 6.45) is 4.05. The summed E-state index contributed by atoms with van der Waals surface area (Å²) < 4.78 is 53.6. The molecule has 1 saturated carbocycles. The fourth-order valence-electron chi connectivity index (χ4n) is 5.34. The van der Waals surface area contributed by atoms with Crippen molar-refractivity contribution >= 4 is 39.1 Å². The molecule has 1 fully saturated rings. The van der Waals surface area contributed by atoms with Crippen LogP contribution in [0.4, 0.5) is 10.1 Å². The zero-order valence-corrected chi connectivity index (χ0v) is 26.5. The lowest BCUT2D eigenvalue weighted by Crippen LogP contribution is -2.53. The van der Waals surface area contributed by atoms with Crippen LogP contribution in [-0.4, -0.2) is 58.0 Å². The van der Waals surface area contributed by atoms with Crippen molar-refractivity contribution in [2.24, 2.45) is 0 Å². The minimum atomic E-state index is -4.40. The topological polar surface area (TPSA) is 105 Å². The second-order valence-electron chi connectivity index (χ2n) is 10.5. The van der Waals surface area contributed by atoms with Gasteiger partial charge in [-0.1, -0.05) is 49.6 Å². The number of nitrogens with one attached hydrogen (secondary N) is 1. The molecule has 0 aromatic heterocycles. The van der Waals surface area contributed by atoms with E-state index in [9.17, 15) is 22.4 Å². The molecule has 0 spiro atoms. The van der Waals surface area contributed by atoms with Crippen molar-refractivity contribution in [2.75, 3.05) is 25.1 Å². The van der Waals surface area contributed by atoms with E-state index >= 15 is 0 Å². The molecule has 4 rings (SSSR count). The molecule has 1 atom stereocenters. The number of sulfonamides is 1. The Balaban J connectivity index is 1.75. The standard InChI is InChI=1S/C32H37ClFN3O6S/c1-4-28(32(39)35-24-10-6-7-11-24)36(20-22-9-5-8-12-27(22)33)31(38)21-37(25-15-13-23(34)14-16-25)44(40,41)26-17-18-29(42-2)30(19-26)43-3/h5,8-9,12-19,24,28H,4,6-7,10-11,20-21H2,1-3H3,(H,35,39)/t28-/m1/s1. The molecular weight excluding hydrogens is 609 g/mol. The van der Waals surface area contributed by atoms with Gasteiger partial charge in [0.2, 0.25) is 11.8 Å². The molecule has 1 aliphatic rings. The zero-order valence-electron chi connectivity index (χ0n) is 25.0. The van der Waals surface area contributed by atoms with E-state index in [2.05, 4.69) is 5.32 Å². The second kappa shape index (κ2) is 14.8. The first-order valence-electron chi connectivity index (χ1n) is 14.4. The molecule has 0 aliphatic heterocycles. The zero-order chi connectivity index (χ0) is 31.9. The number of benzene rings is 3. The lowest BCUT2D eigenvalue weighted by Gasteiger charge is -2.34. The molecule has 0 radical (unpaired) electrons. The van der Waals surface area contributed by atoms with E-state index in [0.717, 1.165) is 42.1 Å². The normalized spacial score (nSPS) is 14.1. The lowest BCUT2D eigenvalue weighted by molar-refractivity contribution is -0.140. The minimum Gasteiger partial charge on any atom is -0.493 e. The third kappa shape index (κ3) is 7.62. The molecule has 236 valence electrons. The van der Waals surface area contributed by atoms with E-state index in [-0.39, 0.29) is 41.2 Å². The van der Waals surface area contributed by atoms with Gasteiger partial charge in [0.15, 0.2) is 11.5 Å². The average molecular weight is 646 g/mol. The summed E-state index contributed by atoms with van der Waals surface area (Å²) in [5, 5.41) is 3.48. The smallest absolute Gasteiger partial charge is 0.264 e. The minimum absolute atomic E-state index is 0.0231. The van der Waals surface area contributed by atoms with Crippen molar-refractivity contribution in [3.63, 3.8) is 0 Å². The van der Waals surface area contributed by atoms with Crippen LogP contribution in [0.1, 0.15) is 44.6 Å². The number of anilines is 1. The number of carbonyl (C=O) groups is 2. The van der Waals surface area contributed by atoms with E-state index < -0.39 is 34.3 Å². The Morgan fingerprint density at radius 1 is 1.00 bits per heavy atom. The van der Waals surface area contributed by atoms with E-state index in [1.165, 1.54) is 49.5 Å². The van der Waals surface area contributed by atoms with E-state index in [1.807, 2.05) is 0 Å². The number of rotatable bonds is 13. The molecule has 12 heteroatoms. The number of carbonyl (C=O) groups excluding carboxylic acids is 2. The molecule has 0 heterocycles. The summed E-state index contributed by atoms with van der Waals surface area (Å²) in [5.74, 6) is -1.02. The average Bonchev–Trinajstić information content (AvgIpc) is 3.53. The Bertz CT molecular complexity index is 1560. The van der Waals surface area contributed by atoms with Crippen molar-refractivity contribution in [3.8, 4) is 11.5 Å². The summed E-state index contributed by atoms with van der Waals surface area (Å²) in [4.78, 5) is 29.0. The first-order valence-corrected chi connectivity index (χ1v) is 16.2. The highest BCUT2D eigenvalue weighted by Crippen LogP contribution is 2.33. The van der Waals surface area contributed by atoms with Gasteiger partial charge in [0, 0.05) is 23.7 Å². The Morgan fingerprint density at radius 2 is 1.66 bits per heavy atom. The largest absolute Gasteiger partial charge is 0.493 e. The second-order valence-corrected chi connectivity index (χ2v) is 12.8. The number of methoxy groups -OCH3 is 2. The van der Waals surface area contributed by atoms with Gasteiger partial charge >= 0.3 is 0 Å². The van der Waals surface area contributed by atoms with E-state index in [1.54, 1.807) is 31.2 Å². The van der Waals surface area contributed by atoms with Crippen LogP contribution in [0.5, 0.6) is 11.5 Å². The molecule has 3 aromatic carbocycles. The third-order valence-electron chi connectivity index (χ3n) is 7.72. The molecule has 2 amide bonds. The molecular formula is C32H37ClFN3O6S. The van der Waals surface area contributed by atoms with Crippen LogP contribution >= 0.6 is 11.6 Å². The monoisotopic (exact) mass is 645 g/mol. The molecule has 0 saturated heterocycles. The van der Waals surface area contributed by atoms with Crippen molar-refractivity contribution in [1.29, 1.82) is 0 Å². The van der Waals surface area contributed by atoms with Crippen LogP contribution in [0.15, 0.2) is 71.6 Å². The van der Waals surface area contributed by atoms with Gasteiger partial charge in [-0.25, -0.2) is 12.8 Å². The van der Waals surface area contributed by atoms with Crippen molar-refractivity contribution in [1.82, 2.24) is 10.2 Å². The predicted octanol–water partition coefficient (Wildman–Crippen LogP) is 5.56. The number of nitrogens with zero attached hydrogens (tertiary/aromatic N) is 2. The van der Waals surface area contributed by atoms with Crippen LogP contribution < -0.4 is 19.1 Å². The molecule has 1 N–H and O–H groups in total. The number of ether oxygens (including phenoxy) is 2. The first-order chi connectivity index (χ1) is 21.1. The van der Waals surface area contributed by atoms with E-state index in [4.69, 9.17) is 21.1 Å². The highest BCUT2D eigenvalue weighted by Gasteiger charge is 2.35. The Labute approximate surface area is 262 Å². The van der Waals surface area contributed by atoms with Crippen molar-refractivity contribution < 1.29 is 31.9 Å². The van der Waals surface area contributed by atoms with Crippen LogP contribution in [0, 0.1) is 5.82 Å². The molecule has 44 heavy (non-hydrogen) atoms. The number of hydrogen-bond acceptors (Lipinski definition) is 6. The molecule has 0 unspecified atom stereocenters. The van der Waals surface area contributed by atoms with Crippen LogP contribution in [0.2, 0.25) is 5.02 Å². The maximum absolute atomic E-state index is 14.2. The highest BCUT2D eigenvalue weighted by atomic mass is 35.5. The fraction of sp³-hybridized carbons (Fsp3) is 0.375. The summed E-state index contributed by atoms with van der Waals surface area (Å²) in [6, 6.07) is 15.0. The maximum atomic E-state index is 14.2. The Morgan fingerprint density at radius 3 is 2.27 bits per heavy atom. The summed E-state index contributed by atoms with van der Waals surface area (Å²) >= 11 is 6.46. The summed E-state index contributed by atoms with van der Waals surface area (Å²) in [6.45, 7) is 1.10. The SMILES string of the molecule is CC[C@H](C(=O)NC1CCCC1)N(Cc1ccccc1Cl)C(=O)CN(c1ccc(F)cc1)S(=O)(=O)c1ccc(OC)c(OC)c1. The molecule has 9 nitrogen and oxygen atoms in total. The van der Waals surface area contributed by atoms with Crippen molar-refractivity contribution in [3.05, 3.63) is 83.1 Å². The van der Waals surface area contributed by atoms with Gasteiger partial charge in [-0.3, -0.25) is 13.9 Å². The van der Waals surface area contributed by atoms with Gasteiger partial charge < -0.3 is 19.7 Å². The lowest BCUT2D eigenvalue weighted by atomic mass is 10.1. The highest BCUT2D eigenvalue weighted by molar-refractivity contribution is 7.92. The molecule has 0 bridgehead atoms. The van der Waals surface area contributed by atoms with Gasteiger partial charge in [0.05, 0.1) is 24.8 Å². The number of hydrogen-bond donors (Lipinski definition) is 1. The molecule has 1 aliphatic carbocycles. The van der Waals surface area contributed by atoms with Gasteiger partial charge in [-0.15, -0.1) is 0 Å². The number of halogens is 2. The predicted molar refractivity (Wildman–Crippen MR) is 167 cm³/mol. The van der Waals surface area contributed by atoms with E-state index in [0.29, 0.717) is 16.3 Å². The van der Waals surface area contributed by atoms with Gasteiger partial charge in [-0.2, -0.15) is 0 Å². The summed E-state index contributed by atoms with van der Waals surface area (Å²) in [5.41, 5.74) is 0.668. The van der Waals surface area contributed by atoms with Gasteiger partial charge in [-0.05, 0) is 67.3 Å². The Kier molecular flexibility index (Phi) is 11.1. The molecule has 3 aromatic rings. The van der Waals surface area contributed by atoms with Gasteiger partial charge in [0.1, 0.15) is 18.4 Å². The van der Waals surface area contributed by atoms with Crippen LogP contribution in [-0.2, 0) is 26.2 Å². The Hall–Kier alpha value is -3.83. The maximum Gasteiger partial charge on any atom is 0.264 e. The first kappa shape index (κ1) is 33.1. The van der Waals surface area contributed by atoms with Crippen LogP contribution in [0.25, 0.3) is 0 Å². The summed E-state index contributed by atoms with van der Waals surface area (Å²) in [7, 11) is -1.60. The fourth-order valence-corrected chi connectivity index (χ4v) is 6.96. The number of amides is 2. The quantitative estimate of drug-likeness (QED) is 0.261.